The Morgan fingerprint density at radius 1 is 0.359 bits per heavy atom. The van der Waals surface area contributed by atoms with Gasteiger partial charge in [0.1, 0.15) is 34.6 Å². The fourth-order valence-electron chi connectivity index (χ4n) is 14.1. The van der Waals surface area contributed by atoms with Crippen LogP contribution in [0.1, 0.15) is 212 Å². The van der Waals surface area contributed by atoms with Crippen LogP contribution in [0.15, 0.2) is 133 Å². The number of hydrogen-bond acceptors (Lipinski definition) is 4. The third-order valence-corrected chi connectivity index (χ3v) is 20.0. The molecule has 0 aliphatic carbocycles. The molecule has 0 saturated heterocycles. The van der Waals surface area contributed by atoms with E-state index < -0.39 is 30.8 Å². The fraction of sp³-hybridized carbons (Fsp3) is 0.422. The molecule has 10 aromatic rings. The second-order valence-corrected chi connectivity index (χ2v) is 36.4. The van der Waals surface area contributed by atoms with Crippen LogP contribution in [0.25, 0.3) is 77.2 Å². The van der Waals surface area contributed by atoms with Crippen molar-refractivity contribution in [3.05, 3.63) is 178 Å². The molecular weight excluding hydrogens is 1160 g/mol. The summed E-state index contributed by atoms with van der Waals surface area (Å²) in [6.45, 7) is 53.1. The highest BCUT2D eigenvalue weighted by Gasteiger charge is 2.35. The monoisotopic (exact) mass is 1260 g/mol. The topological polar surface area (TPSA) is 68.8 Å². The Balaban J connectivity index is 1.16. The van der Waals surface area contributed by atoms with Crippen molar-refractivity contribution < 1.29 is 28.0 Å². The van der Waals surface area contributed by atoms with E-state index in [4.69, 9.17) is 9.05 Å². The van der Waals surface area contributed by atoms with Crippen molar-refractivity contribution in [2.45, 2.75) is 217 Å². The maximum atomic E-state index is 16.4. The van der Waals surface area contributed by atoms with Crippen LogP contribution in [0.3, 0.4) is 0 Å². The van der Waals surface area contributed by atoms with Crippen molar-refractivity contribution in [3.8, 4) is 56.6 Å². The molecule has 0 bridgehead atoms. The maximum absolute atomic E-state index is 16.4. The van der Waals surface area contributed by atoms with Gasteiger partial charge in [-0.3, -0.25) is 0 Å². The first-order valence-corrected chi connectivity index (χ1v) is 34.3. The van der Waals surface area contributed by atoms with Crippen molar-refractivity contribution in [1.29, 1.82) is 0 Å². The van der Waals surface area contributed by atoms with Crippen LogP contribution in [0.2, 0.25) is 0 Å². The lowest BCUT2D eigenvalue weighted by molar-refractivity contribution is 0.283. The van der Waals surface area contributed by atoms with Gasteiger partial charge in [-0.05, 0) is 199 Å². The molecule has 6 nitrogen and oxygen atoms in total. The Kier molecular flexibility index (Phi) is 17.2. The first-order chi connectivity index (χ1) is 42.3. The summed E-state index contributed by atoms with van der Waals surface area (Å²) in [6, 6.07) is 43.7. The second kappa shape index (κ2) is 23.4. The Morgan fingerprint density at radius 2 is 0.641 bits per heavy atom. The molecule has 0 unspecified atom stereocenters. The Labute approximate surface area is 549 Å². The molecular formula is C83H101F2N2O4P. The predicted octanol–water partition coefficient (Wildman–Crippen LogP) is 24.7. The summed E-state index contributed by atoms with van der Waals surface area (Å²) in [7, 11) is -1.97. The minimum atomic E-state index is -1.97. The van der Waals surface area contributed by atoms with E-state index in [-0.39, 0.29) is 49.6 Å². The third-order valence-electron chi connectivity index (χ3n) is 18.4. The summed E-state index contributed by atoms with van der Waals surface area (Å²) in [5.74, 6) is -0.452. The van der Waals surface area contributed by atoms with E-state index in [2.05, 4.69) is 246 Å². The Hall–Kier alpha value is -7.15. The molecule has 0 amide bonds. The van der Waals surface area contributed by atoms with Gasteiger partial charge in [0, 0.05) is 49.5 Å². The largest absolute Gasteiger partial charge is 0.505 e. The van der Waals surface area contributed by atoms with E-state index >= 15 is 8.78 Å². The number of phenols is 2. The van der Waals surface area contributed by atoms with E-state index in [1.807, 2.05) is 26.0 Å². The zero-order valence-corrected chi connectivity index (χ0v) is 60.4. The van der Waals surface area contributed by atoms with Crippen LogP contribution >= 0.6 is 8.38 Å². The van der Waals surface area contributed by atoms with Crippen LogP contribution in [0, 0.1) is 22.5 Å². The first-order valence-electron chi connectivity index (χ1n) is 33.0. The van der Waals surface area contributed by atoms with Gasteiger partial charge in [0.2, 0.25) is 0 Å². The molecule has 2 N–H and O–H groups in total. The maximum Gasteiger partial charge on any atom is 0.293 e. The number of halogens is 2. The number of rotatable bonds is 13. The molecule has 2 aromatic heterocycles. The van der Waals surface area contributed by atoms with Crippen LogP contribution < -0.4 is 9.05 Å². The summed E-state index contributed by atoms with van der Waals surface area (Å²) < 4.78 is 51.4. The molecule has 0 saturated carbocycles. The molecule has 9 heteroatoms. The number of fused-ring (bicyclic) bond motifs is 6. The SMILES string of the molecule is CC(C)P(Oc1ccc(F)cc1-c1cc(C(C)(C)CC(C)(C)C)cc(-n2c3ccc(C(C)(C)C)cc3c3cc(C(C)(C)C)ccc32)c1O)Oc1ccc(F)cc1-c1cc(C(C)(C)CC(C)(C)C)cc(-n2c3ccc(C(C)(C)C)cc3c3cc(C(C)(C)C)ccc32)c1O. The zero-order chi connectivity index (χ0) is 67.7. The Morgan fingerprint density at radius 3 is 0.891 bits per heavy atom. The molecule has 486 valence electrons. The highest BCUT2D eigenvalue weighted by atomic mass is 31.2. The minimum absolute atomic E-state index is 0.0296. The quantitative estimate of drug-likeness (QED) is 0.113. The number of aromatic hydroxyl groups is 2. The summed E-state index contributed by atoms with van der Waals surface area (Å²) in [4.78, 5) is 0. The average Bonchev–Trinajstić information content (AvgIpc) is 1.54. The van der Waals surface area contributed by atoms with Crippen molar-refractivity contribution in [2.24, 2.45) is 10.8 Å². The number of hydrogen-bond donors (Lipinski definition) is 2. The highest BCUT2D eigenvalue weighted by molar-refractivity contribution is 7.48. The normalized spacial score (nSPS) is 13.5. The molecule has 0 spiro atoms. The molecule has 0 aliphatic heterocycles. The van der Waals surface area contributed by atoms with Gasteiger partial charge < -0.3 is 28.4 Å². The smallest absolute Gasteiger partial charge is 0.293 e. The number of nitrogens with zero attached hydrogens (tertiary/aromatic N) is 2. The highest BCUT2D eigenvalue weighted by Crippen LogP contribution is 2.55. The van der Waals surface area contributed by atoms with Gasteiger partial charge >= 0.3 is 0 Å². The summed E-state index contributed by atoms with van der Waals surface area (Å²) in [5, 5.41) is 30.9. The molecule has 10 rings (SSSR count). The van der Waals surface area contributed by atoms with Gasteiger partial charge in [0.05, 0.1) is 33.4 Å². The average molecular weight is 1260 g/mol. The number of benzene rings is 8. The van der Waals surface area contributed by atoms with E-state index in [0.717, 1.165) is 67.6 Å². The van der Waals surface area contributed by atoms with Gasteiger partial charge in [-0.2, -0.15) is 0 Å². The van der Waals surface area contributed by atoms with Crippen LogP contribution in [-0.4, -0.2) is 25.0 Å². The molecule has 0 radical (unpaired) electrons. The van der Waals surface area contributed by atoms with Crippen LogP contribution in [-0.2, 0) is 32.5 Å². The second-order valence-electron chi connectivity index (χ2n) is 34.5. The molecule has 92 heavy (non-hydrogen) atoms. The lowest BCUT2D eigenvalue weighted by Gasteiger charge is -2.34. The van der Waals surface area contributed by atoms with Crippen LogP contribution in [0.5, 0.6) is 23.0 Å². The zero-order valence-electron chi connectivity index (χ0n) is 59.5. The summed E-state index contributed by atoms with van der Waals surface area (Å²) in [6.07, 6.45) is 1.62. The standard InChI is InChI=1S/C83H101F2N2O4P/c1-49(2)92(90-72-35-29-56(84)45-62(72)64-41-54(82(21,22)47-76(3,4)5)43-70(74(64)88)86-66-31-25-50(78(9,10)11)37-58(66)59-38-51(79(12,13)14)26-32-67(59)86)91-73-36-30-57(85)46-63(73)65-42-55(83(23,24)48-77(6,7)8)44-71(75(65)89)87-68-33-27-52(80(15,16)17)39-60(68)61-40-53(81(18,19)20)28-34-69(61)87/h25-46,49,88-89H,47-48H2,1-24H3. The van der Waals surface area contributed by atoms with Gasteiger partial charge in [-0.15, -0.1) is 0 Å². The van der Waals surface area contributed by atoms with Crippen LogP contribution in [0.4, 0.5) is 8.78 Å². The molecule has 0 fully saturated rings. The lowest BCUT2D eigenvalue weighted by Crippen LogP contribution is -2.25. The molecule has 0 aliphatic rings. The molecule has 8 aromatic carbocycles. The summed E-state index contributed by atoms with van der Waals surface area (Å²) >= 11 is 0. The van der Waals surface area contributed by atoms with Crippen molar-refractivity contribution in [2.75, 3.05) is 0 Å². The van der Waals surface area contributed by atoms with Crippen molar-refractivity contribution in [1.82, 2.24) is 9.13 Å². The molecule has 2 heterocycles. The summed E-state index contributed by atoms with van der Waals surface area (Å²) in [5.41, 5.74) is 11.4. The van der Waals surface area contributed by atoms with Gasteiger partial charge in [-0.1, -0.05) is 190 Å². The number of aromatic nitrogens is 2. The van der Waals surface area contributed by atoms with Gasteiger partial charge in [-0.25, -0.2) is 8.78 Å². The minimum Gasteiger partial charge on any atom is -0.505 e. The van der Waals surface area contributed by atoms with E-state index in [9.17, 15) is 10.2 Å². The fourth-order valence-corrected chi connectivity index (χ4v) is 15.2. The first kappa shape index (κ1) is 67.7. The van der Waals surface area contributed by atoms with Gasteiger partial charge in [0.15, 0.2) is 0 Å². The Bertz CT molecular complexity index is 4070. The number of phenolic OH excluding ortho intramolecular Hbond substituents is 2. The van der Waals surface area contributed by atoms with Gasteiger partial charge in [0.25, 0.3) is 8.38 Å². The van der Waals surface area contributed by atoms with E-state index in [0.29, 0.717) is 45.1 Å². The lowest BCUT2D eigenvalue weighted by atomic mass is 9.71. The third kappa shape index (κ3) is 13.5. The van der Waals surface area contributed by atoms with Crippen molar-refractivity contribution in [3.63, 3.8) is 0 Å². The molecule has 0 atom stereocenters. The van der Waals surface area contributed by atoms with E-state index in [1.165, 1.54) is 46.5 Å². The van der Waals surface area contributed by atoms with E-state index in [1.54, 1.807) is 12.1 Å². The van der Waals surface area contributed by atoms with Crippen molar-refractivity contribution >= 4 is 52.0 Å². The predicted molar refractivity (Wildman–Crippen MR) is 388 cm³/mol.